The fraction of sp³-hybridized carbons (Fsp3) is 0.280. The lowest BCUT2D eigenvalue weighted by atomic mass is 10.1. The number of anilines is 1. The maximum atomic E-state index is 12.5. The highest BCUT2D eigenvalue weighted by Crippen LogP contribution is 2.39. The molecule has 0 aliphatic carbocycles. The predicted molar refractivity (Wildman–Crippen MR) is 130 cm³/mol. The summed E-state index contributed by atoms with van der Waals surface area (Å²) in [5, 5.41) is 3.25. The van der Waals surface area contributed by atoms with Gasteiger partial charge >= 0.3 is 0 Å². The number of aromatic nitrogens is 3. The zero-order valence-electron chi connectivity index (χ0n) is 18.2. The average Bonchev–Trinajstić information content (AvgIpc) is 3.28. The number of carbonyl (C=O) groups excluding carboxylic acids is 1. The van der Waals surface area contributed by atoms with E-state index in [1.54, 1.807) is 23.7 Å². The van der Waals surface area contributed by atoms with Gasteiger partial charge in [-0.1, -0.05) is 44.2 Å². The first-order valence-electron chi connectivity index (χ1n) is 10.9. The van der Waals surface area contributed by atoms with Gasteiger partial charge in [-0.3, -0.25) is 9.78 Å². The number of hydrogen-bond acceptors (Lipinski definition) is 6. The highest BCUT2D eigenvalue weighted by atomic mass is 32.1. The number of thiophene rings is 1. The molecular weight excluding hydrogens is 418 g/mol. The number of carbonyl (C=O) groups is 1. The largest absolute Gasteiger partial charge is 0.352 e. The molecule has 0 spiro atoms. The molecule has 7 heteroatoms. The van der Waals surface area contributed by atoms with Crippen molar-refractivity contribution in [3.63, 3.8) is 0 Å². The summed E-state index contributed by atoms with van der Waals surface area (Å²) in [6.45, 7) is 6.83. The maximum absolute atomic E-state index is 12.5. The Morgan fingerprint density at radius 2 is 1.72 bits per heavy atom. The van der Waals surface area contributed by atoms with Crippen molar-refractivity contribution < 1.29 is 4.79 Å². The summed E-state index contributed by atoms with van der Waals surface area (Å²) >= 11 is 1.64. The maximum Gasteiger partial charge on any atom is 0.225 e. The third kappa shape index (κ3) is 3.84. The minimum absolute atomic E-state index is 0.0195. The van der Waals surface area contributed by atoms with E-state index in [1.165, 1.54) is 0 Å². The van der Waals surface area contributed by atoms with Crippen LogP contribution in [0.4, 0.5) is 5.82 Å². The van der Waals surface area contributed by atoms with Crippen LogP contribution in [0.5, 0.6) is 0 Å². The van der Waals surface area contributed by atoms with E-state index in [1.807, 2.05) is 36.9 Å². The van der Waals surface area contributed by atoms with Gasteiger partial charge in [0.1, 0.15) is 10.6 Å². The van der Waals surface area contributed by atoms with Crippen LogP contribution < -0.4 is 4.90 Å². The summed E-state index contributed by atoms with van der Waals surface area (Å²) < 4.78 is 0. The number of piperazine rings is 1. The van der Waals surface area contributed by atoms with Crippen molar-refractivity contribution in [2.24, 2.45) is 5.92 Å². The van der Waals surface area contributed by atoms with Gasteiger partial charge in [0.05, 0.1) is 5.39 Å². The molecule has 3 aromatic heterocycles. The van der Waals surface area contributed by atoms with Gasteiger partial charge in [0.2, 0.25) is 5.91 Å². The number of amides is 1. The quantitative estimate of drug-likeness (QED) is 0.457. The second kappa shape index (κ2) is 8.67. The van der Waals surface area contributed by atoms with Crippen molar-refractivity contribution in [2.75, 3.05) is 31.1 Å². The predicted octanol–water partition coefficient (Wildman–Crippen LogP) is 4.72. The van der Waals surface area contributed by atoms with Crippen LogP contribution in [0.3, 0.4) is 0 Å². The average molecular weight is 444 g/mol. The van der Waals surface area contributed by atoms with Crippen molar-refractivity contribution in [3.05, 3.63) is 60.2 Å². The molecule has 0 unspecified atom stereocenters. The van der Waals surface area contributed by atoms with E-state index in [9.17, 15) is 4.79 Å². The molecule has 32 heavy (non-hydrogen) atoms. The monoisotopic (exact) mass is 443 g/mol. The van der Waals surface area contributed by atoms with Gasteiger partial charge in [0.15, 0.2) is 5.82 Å². The van der Waals surface area contributed by atoms with E-state index in [-0.39, 0.29) is 11.8 Å². The Morgan fingerprint density at radius 1 is 0.969 bits per heavy atom. The highest BCUT2D eigenvalue weighted by molar-refractivity contribution is 7.17. The van der Waals surface area contributed by atoms with Gasteiger partial charge in [0, 0.05) is 61.0 Å². The lowest BCUT2D eigenvalue weighted by Gasteiger charge is -2.36. The number of pyridine rings is 1. The minimum Gasteiger partial charge on any atom is -0.352 e. The van der Waals surface area contributed by atoms with Gasteiger partial charge in [-0.05, 0) is 17.7 Å². The van der Waals surface area contributed by atoms with Crippen molar-refractivity contribution in [2.45, 2.75) is 13.8 Å². The lowest BCUT2D eigenvalue weighted by Crippen LogP contribution is -2.50. The fourth-order valence-corrected chi connectivity index (χ4v) is 5.05. The first-order valence-corrected chi connectivity index (χ1v) is 11.8. The summed E-state index contributed by atoms with van der Waals surface area (Å²) in [6, 6.07) is 14.3. The molecule has 4 heterocycles. The molecule has 6 nitrogen and oxygen atoms in total. The topological polar surface area (TPSA) is 62.2 Å². The first kappa shape index (κ1) is 20.6. The van der Waals surface area contributed by atoms with Gasteiger partial charge in [-0.2, -0.15) is 0 Å². The molecule has 1 aliphatic rings. The number of hydrogen-bond donors (Lipinski definition) is 0. The molecule has 1 saturated heterocycles. The van der Waals surface area contributed by atoms with Gasteiger partial charge < -0.3 is 9.80 Å². The third-order valence-corrected chi connectivity index (χ3v) is 6.68. The Balaban J connectivity index is 1.59. The van der Waals surface area contributed by atoms with Crippen molar-refractivity contribution in [1.82, 2.24) is 19.9 Å². The normalized spacial score (nSPS) is 14.3. The van der Waals surface area contributed by atoms with Gasteiger partial charge in [-0.15, -0.1) is 11.3 Å². The summed E-state index contributed by atoms with van der Waals surface area (Å²) in [7, 11) is 0. The van der Waals surface area contributed by atoms with Crippen LogP contribution >= 0.6 is 11.3 Å². The molecular formula is C25H25N5OS. The number of rotatable bonds is 4. The number of fused-ring (bicyclic) bond motifs is 1. The Kier molecular flexibility index (Phi) is 5.57. The van der Waals surface area contributed by atoms with Crippen LogP contribution in [0.15, 0.2) is 60.2 Å². The Hall–Kier alpha value is -3.32. The standard InChI is InChI=1S/C25H25N5OS/c1-17(2)25(31)30-13-11-29(12-14-30)23-21-20(18-7-4-3-5-8-18)16-32-24(21)28-22(27-23)19-9-6-10-26-15-19/h3-10,15-17H,11-14H2,1-2H3. The Morgan fingerprint density at radius 3 is 2.41 bits per heavy atom. The number of nitrogens with zero attached hydrogens (tertiary/aromatic N) is 5. The molecule has 0 N–H and O–H groups in total. The van der Waals surface area contributed by atoms with Gasteiger partial charge in [-0.25, -0.2) is 9.97 Å². The van der Waals surface area contributed by atoms with E-state index in [0.717, 1.165) is 45.8 Å². The summed E-state index contributed by atoms with van der Waals surface area (Å²) in [5.41, 5.74) is 3.21. The molecule has 0 radical (unpaired) electrons. The third-order valence-electron chi connectivity index (χ3n) is 5.80. The molecule has 1 aromatic carbocycles. The van der Waals surface area contributed by atoms with Crippen LogP contribution in [0, 0.1) is 5.92 Å². The zero-order valence-corrected chi connectivity index (χ0v) is 19.0. The zero-order chi connectivity index (χ0) is 22.1. The molecule has 1 aliphatic heterocycles. The smallest absolute Gasteiger partial charge is 0.225 e. The molecule has 5 rings (SSSR count). The highest BCUT2D eigenvalue weighted by Gasteiger charge is 2.26. The molecule has 4 aromatic rings. The minimum atomic E-state index is 0.0195. The van der Waals surface area contributed by atoms with Crippen molar-refractivity contribution in [3.8, 4) is 22.5 Å². The van der Waals surface area contributed by atoms with E-state index in [4.69, 9.17) is 9.97 Å². The van der Waals surface area contributed by atoms with E-state index < -0.39 is 0 Å². The van der Waals surface area contributed by atoms with E-state index >= 15 is 0 Å². The second-order valence-corrected chi connectivity index (χ2v) is 9.13. The molecule has 1 fully saturated rings. The van der Waals surface area contributed by atoms with Crippen LogP contribution in [-0.2, 0) is 4.79 Å². The van der Waals surface area contributed by atoms with Crippen molar-refractivity contribution >= 4 is 33.3 Å². The van der Waals surface area contributed by atoms with Crippen LogP contribution in [-0.4, -0.2) is 51.9 Å². The fourth-order valence-electron chi connectivity index (χ4n) is 4.11. The number of benzene rings is 1. The van der Waals surface area contributed by atoms with Gasteiger partial charge in [0.25, 0.3) is 0 Å². The molecule has 0 saturated carbocycles. The molecule has 0 atom stereocenters. The summed E-state index contributed by atoms with van der Waals surface area (Å²) in [5.74, 6) is 1.86. The summed E-state index contributed by atoms with van der Waals surface area (Å²) in [4.78, 5) is 31.9. The van der Waals surface area contributed by atoms with E-state index in [2.05, 4.69) is 39.5 Å². The van der Waals surface area contributed by atoms with E-state index in [0.29, 0.717) is 18.9 Å². The van der Waals surface area contributed by atoms with Crippen LogP contribution in [0.2, 0.25) is 0 Å². The molecule has 0 bridgehead atoms. The lowest BCUT2D eigenvalue weighted by molar-refractivity contribution is -0.134. The van der Waals surface area contributed by atoms with Crippen LogP contribution in [0.25, 0.3) is 32.7 Å². The molecule has 162 valence electrons. The first-order chi connectivity index (χ1) is 15.6. The van der Waals surface area contributed by atoms with Crippen molar-refractivity contribution in [1.29, 1.82) is 0 Å². The summed E-state index contributed by atoms with van der Waals surface area (Å²) in [6.07, 6.45) is 3.56. The Labute approximate surface area is 191 Å². The Bertz CT molecular complexity index is 1230. The second-order valence-electron chi connectivity index (χ2n) is 8.28. The SMILES string of the molecule is CC(C)C(=O)N1CCN(c2nc(-c3cccnc3)nc3scc(-c4ccccc4)c23)CC1. The van der Waals surface area contributed by atoms with Crippen LogP contribution in [0.1, 0.15) is 13.8 Å². The molecule has 1 amide bonds.